The molecule has 0 radical (unpaired) electrons. The van der Waals surface area contributed by atoms with Crippen molar-refractivity contribution in [1.29, 1.82) is 0 Å². The number of guanidine groups is 1. The molecular formula is C20H31IN4OS. The van der Waals surface area contributed by atoms with Crippen LogP contribution in [0.25, 0.3) is 0 Å². The SMILES string of the molecule is CCNC(=NCCc1nc(C)c(C)s1)NCCc1cc(C)ccc1OC.I. The van der Waals surface area contributed by atoms with Gasteiger partial charge in [-0.3, -0.25) is 4.99 Å². The molecule has 0 spiro atoms. The molecule has 0 atom stereocenters. The van der Waals surface area contributed by atoms with E-state index in [1.54, 1.807) is 18.4 Å². The van der Waals surface area contributed by atoms with Crippen molar-refractivity contribution in [1.82, 2.24) is 15.6 Å². The highest BCUT2D eigenvalue weighted by Crippen LogP contribution is 2.19. The fourth-order valence-corrected chi connectivity index (χ4v) is 3.59. The van der Waals surface area contributed by atoms with Crippen molar-refractivity contribution in [3.8, 4) is 5.75 Å². The normalized spacial score (nSPS) is 11.1. The number of ether oxygens (including phenoxy) is 1. The van der Waals surface area contributed by atoms with E-state index in [0.717, 1.165) is 54.9 Å². The second kappa shape index (κ2) is 12.2. The van der Waals surface area contributed by atoms with Crippen molar-refractivity contribution >= 4 is 41.3 Å². The Kier molecular flexibility index (Phi) is 10.7. The highest BCUT2D eigenvalue weighted by Gasteiger charge is 2.05. The minimum atomic E-state index is 0. The molecular weight excluding hydrogens is 471 g/mol. The van der Waals surface area contributed by atoms with Crippen LogP contribution in [0.4, 0.5) is 0 Å². The third-order valence-corrected chi connectivity index (χ3v) is 5.27. The second-order valence-corrected chi connectivity index (χ2v) is 7.54. The number of methoxy groups -OCH3 is 1. The Morgan fingerprint density at radius 1 is 1.19 bits per heavy atom. The smallest absolute Gasteiger partial charge is 0.191 e. The van der Waals surface area contributed by atoms with Crippen LogP contribution >= 0.6 is 35.3 Å². The first-order chi connectivity index (χ1) is 12.5. The average molecular weight is 502 g/mol. The van der Waals surface area contributed by atoms with E-state index in [9.17, 15) is 0 Å². The summed E-state index contributed by atoms with van der Waals surface area (Å²) in [5, 5.41) is 7.87. The molecule has 2 rings (SSSR count). The van der Waals surface area contributed by atoms with Crippen LogP contribution in [0.2, 0.25) is 0 Å². The lowest BCUT2D eigenvalue weighted by Gasteiger charge is -2.13. The van der Waals surface area contributed by atoms with Crippen LogP contribution in [0.3, 0.4) is 0 Å². The van der Waals surface area contributed by atoms with Gasteiger partial charge in [0.2, 0.25) is 0 Å². The Morgan fingerprint density at radius 3 is 2.59 bits per heavy atom. The molecule has 1 aromatic heterocycles. The third kappa shape index (κ3) is 7.65. The third-order valence-electron chi connectivity index (χ3n) is 4.14. The molecule has 5 nitrogen and oxygen atoms in total. The summed E-state index contributed by atoms with van der Waals surface area (Å²) in [6.45, 7) is 10.7. The highest BCUT2D eigenvalue weighted by molar-refractivity contribution is 14.0. The van der Waals surface area contributed by atoms with Crippen LogP contribution in [0.5, 0.6) is 5.75 Å². The zero-order valence-corrected chi connectivity index (χ0v) is 20.0. The lowest BCUT2D eigenvalue weighted by atomic mass is 10.1. The number of aryl methyl sites for hydroxylation is 3. The summed E-state index contributed by atoms with van der Waals surface area (Å²) in [4.78, 5) is 10.5. The van der Waals surface area contributed by atoms with Crippen LogP contribution in [-0.2, 0) is 12.8 Å². The van der Waals surface area contributed by atoms with E-state index in [2.05, 4.69) is 60.4 Å². The van der Waals surface area contributed by atoms with E-state index in [1.165, 1.54) is 16.0 Å². The van der Waals surface area contributed by atoms with E-state index in [1.807, 2.05) is 6.07 Å². The Labute approximate surface area is 184 Å². The van der Waals surface area contributed by atoms with Gasteiger partial charge in [0.15, 0.2) is 5.96 Å². The topological polar surface area (TPSA) is 58.5 Å². The van der Waals surface area contributed by atoms with Crippen LogP contribution in [0, 0.1) is 20.8 Å². The van der Waals surface area contributed by atoms with Gasteiger partial charge in [-0.25, -0.2) is 4.98 Å². The Balaban J connectivity index is 0.00000364. The van der Waals surface area contributed by atoms with E-state index >= 15 is 0 Å². The van der Waals surface area contributed by atoms with Crippen LogP contribution in [-0.4, -0.2) is 37.7 Å². The number of thiazole rings is 1. The van der Waals surface area contributed by atoms with Gasteiger partial charge in [0.25, 0.3) is 0 Å². The van der Waals surface area contributed by atoms with E-state index in [0.29, 0.717) is 0 Å². The quantitative estimate of drug-likeness (QED) is 0.325. The number of rotatable bonds is 8. The van der Waals surface area contributed by atoms with Crippen molar-refractivity contribution in [3.05, 3.63) is 44.9 Å². The first kappa shape index (κ1) is 23.7. The molecule has 0 bridgehead atoms. The summed E-state index contributed by atoms with van der Waals surface area (Å²) in [6.07, 6.45) is 1.77. The van der Waals surface area contributed by atoms with Crippen LogP contribution in [0.1, 0.15) is 33.6 Å². The van der Waals surface area contributed by atoms with Gasteiger partial charge in [-0.1, -0.05) is 17.7 Å². The molecule has 0 unspecified atom stereocenters. The van der Waals surface area contributed by atoms with Gasteiger partial charge in [0, 0.05) is 30.9 Å². The van der Waals surface area contributed by atoms with Gasteiger partial charge in [0.05, 0.1) is 17.8 Å². The number of hydrogen-bond donors (Lipinski definition) is 2. The predicted octanol–water partition coefficient (Wildman–Crippen LogP) is 4.04. The molecule has 1 aromatic carbocycles. The number of halogens is 1. The van der Waals surface area contributed by atoms with Crippen molar-refractivity contribution in [2.45, 2.75) is 40.5 Å². The summed E-state index contributed by atoms with van der Waals surface area (Å²) in [5.74, 6) is 1.79. The first-order valence-electron chi connectivity index (χ1n) is 9.12. The Bertz CT molecular complexity index is 726. The molecule has 0 saturated heterocycles. The van der Waals surface area contributed by atoms with Crippen molar-refractivity contribution in [2.24, 2.45) is 4.99 Å². The molecule has 150 valence electrons. The molecule has 0 saturated carbocycles. The number of benzene rings is 1. The molecule has 0 aliphatic heterocycles. The monoisotopic (exact) mass is 502 g/mol. The molecule has 27 heavy (non-hydrogen) atoms. The van der Waals surface area contributed by atoms with Gasteiger partial charge in [-0.15, -0.1) is 35.3 Å². The number of aromatic nitrogens is 1. The lowest BCUT2D eigenvalue weighted by molar-refractivity contribution is 0.409. The second-order valence-electron chi connectivity index (χ2n) is 6.25. The maximum Gasteiger partial charge on any atom is 0.191 e. The summed E-state index contributed by atoms with van der Waals surface area (Å²) >= 11 is 1.76. The largest absolute Gasteiger partial charge is 0.496 e. The van der Waals surface area contributed by atoms with Gasteiger partial charge < -0.3 is 15.4 Å². The van der Waals surface area contributed by atoms with Gasteiger partial charge in [0.1, 0.15) is 5.75 Å². The van der Waals surface area contributed by atoms with Gasteiger partial charge >= 0.3 is 0 Å². The number of nitrogens with zero attached hydrogens (tertiary/aromatic N) is 2. The number of nitrogens with one attached hydrogen (secondary N) is 2. The van der Waals surface area contributed by atoms with Crippen LogP contribution in [0.15, 0.2) is 23.2 Å². The summed E-state index contributed by atoms with van der Waals surface area (Å²) < 4.78 is 5.45. The Morgan fingerprint density at radius 2 is 1.96 bits per heavy atom. The molecule has 2 N–H and O–H groups in total. The van der Waals surface area contributed by atoms with Crippen molar-refractivity contribution < 1.29 is 4.74 Å². The predicted molar refractivity (Wildman–Crippen MR) is 126 cm³/mol. The summed E-state index contributed by atoms with van der Waals surface area (Å²) in [7, 11) is 1.72. The van der Waals surface area contributed by atoms with E-state index in [4.69, 9.17) is 4.74 Å². The molecule has 0 fully saturated rings. The molecule has 0 aliphatic rings. The average Bonchev–Trinajstić information content (AvgIpc) is 2.93. The zero-order valence-electron chi connectivity index (χ0n) is 16.9. The molecule has 0 amide bonds. The molecule has 2 aromatic rings. The molecule has 0 aliphatic carbocycles. The van der Waals surface area contributed by atoms with Crippen molar-refractivity contribution in [2.75, 3.05) is 26.7 Å². The molecule has 1 heterocycles. The van der Waals surface area contributed by atoms with Gasteiger partial charge in [-0.05, 0) is 45.7 Å². The van der Waals surface area contributed by atoms with E-state index in [-0.39, 0.29) is 24.0 Å². The lowest BCUT2D eigenvalue weighted by Crippen LogP contribution is -2.38. The maximum absolute atomic E-state index is 5.45. The minimum absolute atomic E-state index is 0. The minimum Gasteiger partial charge on any atom is -0.496 e. The number of aliphatic imine (C=N–C) groups is 1. The standard InChI is InChI=1S/C20H30N4OS.HI/c1-6-21-20(23-12-10-19-24-15(3)16(4)26-19)22-11-9-17-13-14(2)7-8-18(17)25-5;/h7-8,13H,6,9-12H2,1-5H3,(H2,21,22,23);1H. The maximum atomic E-state index is 5.45. The summed E-state index contributed by atoms with van der Waals surface area (Å²) in [6, 6.07) is 6.28. The first-order valence-corrected chi connectivity index (χ1v) is 9.93. The molecule has 7 heteroatoms. The van der Waals surface area contributed by atoms with Crippen LogP contribution < -0.4 is 15.4 Å². The summed E-state index contributed by atoms with van der Waals surface area (Å²) in [5.41, 5.74) is 3.59. The highest BCUT2D eigenvalue weighted by atomic mass is 127. The van der Waals surface area contributed by atoms with Gasteiger partial charge in [-0.2, -0.15) is 0 Å². The fourth-order valence-electron chi connectivity index (χ4n) is 2.67. The zero-order chi connectivity index (χ0) is 18.9. The Hall–Kier alpha value is -1.35. The van der Waals surface area contributed by atoms with E-state index < -0.39 is 0 Å². The number of hydrogen-bond acceptors (Lipinski definition) is 4. The fraction of sp³-hybridized carbons (Fsp3) is 0.500. The van der Waals surface area contributed by atoms with Crippen molar-refractivity contribution in [3.63, 3.8) is 0 Å².